The average Bonchev–Trinajstić information content (AvgIpc) is 2.25. The molecule has 0 atom stereocenters. The van der Waals surface area contributed by atoms with Crippen molar-refractivity contribution in [1.29, 1.82) is 0 Å². The van der Waals surface area contributed by atoms with Gasteiger partial charge in [0.25, 0.3) is 0 Å². The molecule has 0 aliphatic carbocycles. The van der Waals surface area contributed by atoms with Gasteiger partial charge >= 0.3 is 0 Å². The lowest BCUT2D eigenvalue weighted by Crippen LogP contribution is -1.95. The predicted octanol–water partition coefficient (Wildman–Crippen LogP) is 5.77. The highest BCUT2D eigenvalue weighted by Crippen LogP contribution is 2.31. The van der Waals surface area contributed by atoms with Gasteiger partial charge in [-0.05, 0) is 56.1 Å². The van der Waals surface area contributed by atoms with E-state index in [0.717, 1.165) is 24.9 Å². The lowest BCUT2D eigenvalue weighted by Gasteiger charge is -2.09. The fourth-order valence-corrected chi connectivity index (χ4v) is 3.03. The normalized spacial score (nSPS) is 10.4. The molecule has 2 aromatic rings. The number of halogens is 4. The molecule has 0 fully saturated rings. The molecule has 0 aliphatic heterocycles. The summed E-state index contributed by atoms with van der Waals surface area (Å²) < 4.78 is 2.72. The van der Waals surface area contributed by atoms with Crippen molar-refractivity contribution >= 4 is 70.9 Å². The summed E-state index contributed by atoms with van der Waals surface area (Å²) in [6, 6.07) is 7.56. The maximum absolute atomic E-state index is 6.12. The molecule has 0 aliphatic rings. The van der Waals surface area contributed by atoms with Crippen LogP contribution in [0.25, 0.3) is 0 Å². The number of nitrogens with zero attached hydrogens (tertiary/aromatic N) is 1. The number of aromatic nitrogens is 1. The summed E-state index contributed by atoms with van der Waals surface area (Å²) in [6.45, 7) is 0. The van der Waals surface area contributed by atoms with Crippen molar-refractivity contribution in [2.75, 3.05) is 5.32 Å². The number of benzene rings is 1. The Balaban J connectivity index is 2.31. The smallest absolute Gasteiger partial charge is 0.144 e. The Morgan fingerprint density at radius 2 is 1.82 bits per heavy atom. The van der Waals surface area contributed by atoms with E-state index >= 15 is 0 Å². The van der Waals surface area contributed by atoms with Crippen molar-refractivity contribution in [2.24, 2.45) is 0 Å². The van der Waals surface area contributed by atoms with Gasteiger partial charge in [0.1, 0.15) is 5.82 Å². The minimum atomic E-state index is 0.635. The molecule has 0 unspecified atom stereocenters. The second-order valence-corrected chi connectivity index (χ2v) is 6.33. The van der Waals surface area contributed by atoms with E-state index in [1.54, 1.807) is 6.20 Å². The molecule has 1 aromatic carbocycles. The second-order valence-electron chi connectivity index (χ2n) is 3.23. The molecule has 0 radical (unpaired) electrons. The Hall–Kier alpha value is -0.100. The first-order chi connectivity index (χ1) is 8.06. The van der Waals surface area contributed by atoms with Crippen LogP contribution in [0.5, 0.6) is 0 Å². The van der Waals surface area contributed by atoms with Crippen LogP contribution in [0.4, 0.5) is 11.5 Å². The van der Waals surface area contributed by atoms with Gasteiger partial charge in [-0.25, -0.2) is 4.98 Å². The molecule has 0 saturated carbocycles. The third kappa shape index (κ3) is 3.44. The van der Waals surface area contributed by atoms with Crippen LogP contribution in [0.3, 0.4) is 0 Å². The Bertz CT molecular complexity index is 511. The van der Waals surface area contributed by atoms with Crippen LogP contribution in [-0.2, 0) is 0 Å². The van der Waals surface area contributed by atoms with Crippen molar-refractivity contribution < 1.29 is 0 Å². The van der Waals surface area contributed by atoms with Crippen molar-refractivity contribution in [3.8, 4) is 0 Å². The van der Waals surface area contributed by atoms with Crippen LogP contribution in [0.2, 0.25) is 5.02 Å². The molecule has 6 heteroatoms. The fourth-order valence-electron chi connectivity index (χ4n) is 1.22. The summed E-state index contributed by atoms with van der Waals surface area (Å²) >= 11 is 16.3. The second kappa shape index (κ2) is 5.69. The van der Waals surface area contributed by atoms with E-state index in [4.69, 9.17) is 11.6 Å². The summed E-state index contributed by atoms with van der Waals surface area (Å²) in [5, 5.41) is 3.80. The van der Waals surface area contributed by atoms with E-state index in [0.29, 0.717) is 5.02 Å². The van der Waals surface area contributed by atoms with Crippen molar-refractivity contribution in [3.05, 3.63) is 48.9 Å². The van der Waals surface area contributed by atoms with E-state index in [1.165, 1.54) is 0 Å². The van der Waals surface area contributed by atoms with Crippen molar-refractivity contribution in [1.82, 2.24) is 4.98 Å². The van der Waals surface area contributed by atoms with E-state index in [-0.39, 0.29) is 0 Å². The third-order valence-electron chi connectivity index (χ3n) is 1.99. The molecule has 0 amide bonds. The Labute approximate surface area is 129 Å². The van der Waals surface area contributed by atoms with E-state index in [9.17, 15) is 0 Å². The van der Waals surface area contributed by atoms with Gasteiger partial charge in [0.05, 0.1) is 15.2 Å². The van der Waals surface area contributed by atoms with Gasteiger partial charge in [0, 0.05) is 15.1 Å². The molecular weight excluding hydrogens is 435 g/mol. The Morgan fingerprint density at radius 1 is 1.06 bits per heavy atom. The van der Waals surface area contributed by atoms with Crippen LogP contribution in [-0.4, -0.2) is 4.98 Å². The summed E-state index contributed by atoms with van der Waals surface area (Å²) in [4.78, 5) is 4.26. The van der Waals surface area contributed by atoms with Crippen molar-refractivity contribution in [2.45, 2.75) is 0 Å². The lowest BCUT2D eigenvalue weighted by molar-refractivity contribution is 1.27. The first kappa shape index (κ1) is 13.3. The Kier molecular flexibility index (Phi) is 4.47. The standard InChI is InChI=1S/C11H6Br3ClN2/c12-6-1-2-10(9(15)4-6)17-11-8(14)3-7(13)5-16-11/h1-5H,(H,16,17). The lowest BCUT2D eigenvalue weighted by atomic mass is 10.3. The molecule has 1 N–H and O–H groups in total. The van der Waals surface area contributed by atoms with Crippen LogP contribution in [0.15, 0.2) is 43.9 Å². The van der Waals surface area contributed by atoms with Crippen molar-refractivity contribution in [3.63, 3.8) is 0 Å². The summed E-state index contributed by atoms with van der Waals surface area (Å²) in [6.07, 6.45) is 1.72. The number of rotatable bonds is 2. The first-order valence-corrected chi connectivity index (χ1v) is 7.35. The minimum Gasteiger partial charge on any atom is -0.338 e. The number of hydrogen-bond donors (Lipinski definition) is 1. The van der Waals surface area contributed by atoms with Gasteiger partial charge < -0.3 is 5.32 Å². The van der Waals surface area contributed by atoms with Gasteiger partial charge in [-0.3, -0.25) is 0 Å². The minimum absolute atomic E-state index is 0.635. The monoisotopic (exact) mass is 438 g/mol. The van der Waals surface area contributed by atoms with E-state index in [1.807, 2.05) is 24.3 Å². The highest BCUT2D eigenvalue weighted by Gasteiger charge is 2.06. The maximum atomic E-state index is 6.12. The molecule has 2 nitrogen and oxygen atoms in total. The fraction of sp³-hybridized carbons (Fsp3) is 0. The first-order valence-electron chi connectivity index (χ1n) is 4.59. The highest BCUT2D eigenvalue weighted by molar-refractivity contribution is 9.11. The zero-order chi connectivity index (χ0) is 12.4. The summed E-state index contributed by atoms with van der Waals surface area (Å²) in [5.74, 6) is 0.720. The van der Waals surface area contributed by atoms with Gasteiger partial charge in [0.2, 0.25) is 0 Å². The predicted molar refractivity (Wildman–Crippen MR) is 82.1 cm³/mol. The molecule has 0 spiro atoms. The number of anilines is 2. The van der Waals surface area contributed by atoms with Gasteiger partial charge in [-0.1, -0.05) is 27.5 Å². The summed E-state index contributed by atoms with van der Waals surface area (Å²) in [5.41, 5.74) is 0.811. The third-order valence-corrected chi connectivity index (χ3v) is 3.84. The number of nitrogens with one attached hydrogen (secondary N) is 1. The molecule has 17 heavy (non-hydrogen) atoms. The van der Waals surface area contributed by atoms with E-state index in [2.05, 4.69) is 58.1 Å². The molecule has 2 rings (SSSR count). The van der Waals surface area contributed by atoms with Gasteiger partial charge in [-0.15, -0.1) is 0 Å². The van der Waals surface area contributed by atoms with Crippen LogP contribution >= 0.6 is 59.4 Å². The maximum Gasteiger partial charge on any atom is 0.144 e. The van der Waals surface area contributed by atoms with Crippen LogP contribution in [0.1, 0.15) is 0 Å². The SMILES string of the molecule is Clc1cc(Br)ccc1Nc1ncc(Br)cc1Br. The number of hydrogen-bond acceptors (Lipinski definition) is 2. The molecule has 1 aromatic heterocycles. The zero-order valence-electron chi connectivity index (χ0n) is 8.35. The molecule has 88 valence electrons. The largest absolute Gasteiger partial charge is 0.338 e. The molecule has 1 heterocycles. The van der Waals surface area contributed by atoms with E-state index < -0.39 is 0 Å². The highest BCUT2D eigenvalue weighted by atomic mass is 79.9. The Morgan fingerprint density at radius 3 is 2.47 bits per heavy atom. The molecule has 0 bridgehead atoms. The van der Waals surface area contributed by atoms with Crippen LogP contribution < -0.4 is 5.32 Å². The average molecular weight is 441 g/mol. The van der Waals surface area contributed by atoms with Gasteiger partial charge in [0.15, 0.2) is 0 Å². The summed E-state index contributed by atoms with van der Waals surface area (Å²) in [7, 11) is 0. The zero-order valence-corrected chi connectivity index (χ0v) is 13.9. The quantitative estimate of drug-likeness (QED) is 0.641. The molecular formula is C11H6Br3ClN2. The molecule has 0 saturated heterocycles. The topological polar surface area (TPSA) is 24.9 Å². The van der Waals surface area contributed by atoms with Crippen LogP contribution in [0, 0.1) is 0 Å². The number of pyridine rings is 1. The van der Waals surface area contributed by atoms with Gasteiger partial charge in [-0.2, -0.15) is 0 Å².